The minimum Gasteiger partial charge on any atom is -0.466 e. The number of pyridine rings is 1. The molecular formula is C24H26FN3O3. The van der Waals surface area contributed by atoms with Gasteiger partial charge >= 0.3 is 5.97 Å². The van der Waals surface area contributed by atoms with E-state index in [-0.39, 0.29) is 30.8 Å². The summed E-state index contributed by atoms with van der Waals surface area (Å²) in [6.07, 6.45) is 3.42. The van der Waals surface area contributed by atoms with E-state index in [9.17, 15) is 14.0 Å². The third-order valence-corrected chi connectivity index (χ3v) is 5.94. The number of benzene rings is 1. The molecular weight excluding hydrogens is 397 g/mol. The molecule has 3 heterocycles. The van der Waals surface area contributed by atoms with Crippen LogP contribution >= 0.6 is 0 Å². The van der Waals surface area contributed by atoms with Crippen LogP contribution in [0.5, 0.6) is 0 Å². The largest absolute Gasteiger partial charge is 0.466 e. The number of nitrogens with zero attached hydrogens (tertiary/aromatic N) is 3. The lowest BCUT2D eigenvalue weighted by Gasteiger charge is -2.41. The van der Waals surface area contributed by atoms with Crippen LogP contribution in [0.25, 0.3) is 5.65 Å². The summed E-state index contributed by atoms with van der Waals surface area (Å²) in [5.41, 5.74) is 2.03. The number of carbonyl (C=O) groups excluding carboxylic acids is 2. The maximum atomic E-state index is 13.4. The van der Waals surface area contributed by atoms with Gasteiger partial charge < -0.3 is 14.0 Å². The lowest BCUT2D eigenvalue weighted by atomic mass is 9.75. The van der Waals surface area contributed by atoms with Crippen molar-refractivity contribution in [1.82, 2.24) is 14.3 Å². The molecule has 0 radical (unpaired) electrons. The van der Waals surface area contributed by atoms with Crippen molar-refractivity contribution in [2.45, 2.75) is 33.1 Å². The zero-order valence-electron chi connectivity index (χ0n) is 17.8. The van der Waals surface area contributed by atoms with Crippen molar-refractivity contribution in [3.05, 3.63) is 71.4 Å². The van der Waals surface area contributed by atoms with E-state index in [1.165, 1.54) is 12.1 Å². The number of aryl methyl sites for hydroxylation is 1. The molecule has 31 heavy (non-hydrogen) atoms. The van der Waals surface area contributed by atoms with Gasteiger partial charge in [0.15, 0.2) is 0 Å². The van der Waals surface area contributed by atoms with Gasteiger partial charge in [0, 0.05) is 25.0 Å². The first-order valence-corrected chi connectivity index (χ1v) is 10.6. The molecule has 0 aliphatic carbocycles. The summed E-state index contributed by atoms with van der Waals surface area (Å²) in [7, 11) is 0. The summed E-state index contributed by atoms with van der Waals surface area (Å²) in [6.45, 7) is 4.79. The monoisotopic (exact) mass is 423 g/mol. The Labute approximate surface area is 180 Å². The van der Waals surface area contributed by atoms with Gasteiger partial charge in [0.05, 0.1) is 12.0 Å². The number of halogens is 1. The predicted molar refractivity (Wildman–Crippen MR) is 114 cm³/mol. The molecule has 1 fully saturated rings. The third kappa shape index (κ3) is 4.17. The Balaban J connectivity index is 1.62. The van der Waals surface area contributed by atoms with Crippen molar-refractivity contribution in [1.29, 1.82) is 0 Å². The van der Waals surface area contributed by atoms with Gasteiger partial charge in [0.1, 0.15) is 17.2 Å². The van der Waals surface area contributed by atoms with Crippen LogP contribution in [-0.2, 0) is 16.0 Å². The molecule has 4 rings (SSSR count). The Morgan fingerprint density at radius 3 is 2.68 bits per heavy atom. The van der Waals surface area contributed by atoms with Gasteiger partial charge in [-0.1, -0.05) is 18.2 Å². The molecule has 0 N–H and O–H groups in total. The van der Waals surface area contributed by atoms with Crippen molar-refractivity contribution in [3.8, 4) is 0 Å². The zero-order valence-corrected chi connectivity index (χ0v) is 17.8. The van der Waals surface area contributed by atoms with Crippen LogP contribution in [0.3, 0.4) is 0 Å². The highest BCUT2D eigenvalue weighted by atomic mass is 19.1. The normalized spacial score (nSPS) is 18.9. The number of rotatable bonds is 5. The molecule has 0 saturated carbocycles. The van der Waals surface area contributed by atoms with Crippen molar-refractivity contribution in [3.63, 3.8) is 0 Å². The Kier molecular flexibility index (Phi) is 5.76. The Bertz CT molecular complexity index is 1110. The fourth-order valence-corrected chi connectivity index (χ4v) is 4.38. The van der Waals surface area contributed by atoms with Gasteiger partial charge in [-0.25, -0.2) is 9.37 Å². The SMILES string of the molecule is CCOC(=O)C1(Cc2ccc(F)cc2)CCCN(C(=O)c2cn3c(C)cccc3n2)C1. The van der Waals surface area contributed by atoms with Gasteiger partial charge in [-0.05, 0) is 62.9 Å². The predicted octanol–water partition coefficient (Wildman–Crippen LogP) is 3.81. The summed E-state index contributed by atoms with van der Waals surface area (Å²) in [6, 6.07) is 11.9. The van der Waals surface area contributed by atoms with Crippen LogP contribution in [-0.4, -0.2) is 45.9 Å². The number of piperidine rings is 1. The first-order chi connectivity index (χ1) is 14.9. The number of aromatic nitrogens is 2. The van der Waals surface area contributed by atoms with Crippen LogP contribution in [0.15, 0.2) is 48.7 Å². The Hall–Kier alpha value is -3.22. The third-order valence-electron chi connectivity index (χ3n) is 5.94. The van der Waals surface area contributed by atoms with Crippen LogP contribution in [0.1, 0.15) is 41.5 Å². The highest BCUT2D eigenvalue weighted by molar-refractivity contribution is 5.93. The number of hydrogen-bond acceptors (Lipinski definition) is 4. The molecule has 6 nitrogen and oxygen atoms in total. The number of carbonyl (C=O) groups is 2. The van der Waals surface area contributed by atoms with E-state index in [0.29, 0.717) is 37.1 Å². The second kappa shape index (κ2) is 8.49. The Morgan fingerprint density at radius 2 is 1.97 bits per heavy atom. The molecule has 1 atom stereocenters. The Morgan fingerprint density at radius 1 is 1.19 bits per heavy atom. The molecule has 7 heteroatoms. The minimum atomic E-state index is -0.864. The molecule has 1 aliphatic rings. The van der Waals surface area contributed by atoms with E-state index in [0.717, 1.165) is 11.3 Å². The molecule has 1 amide bonds. The summed E-state index contributed by atoms with van der Waals surface area (Å²) >= 11 is 0. The maximum Gasteiger partial charge on any atom is 0.314 e. The fourth-order valence-electron chi connectivity index (χ4n) is 4.38. The van der Waals surface area contributed by atoms with Gasteiger partial charge in [0.2, 0.25) is 0 Å². The number of ether oxygens (including phenoxy) is 1. The molecule has 162 valence electrons. The van der Waals surface area contributed by atoms with E-state index in [1.54, 1.807) is 30.2 Å². The minimum absolute atomic E-state index is 0.199. The lowest BCUT2D eigenvalue weighted by molar-refractivity contribution is -0.158. The summed E-state index contributed by atoms with van der Waals surface area (Å²) < 4.78 is 20.6. The molecule has 1 aliphatic heterocycles. The highest BCUT2D eigenvalue weighted by Gasteiger charge is 2.45. The number of fused-ring (bicyclic) bond motifs is 1. The average molecular weight is 423 g/mol. The second-order valence-electron chi connectivity index (χ2n) is 8.16. The molecule has 1 unspecified atom stereocenters. The van der Waals surface area contributed by atoms with Crippen molar-refractivity contribution in [2.24, 2.45) is 5.41 Å². The van der Waals surface area contributed by atoms with Gasteiger partial charge in [-0.15, -0.1) is 0 Å². The number of imidazole rings is 1. The summed E-state index contributed by atoms with van der Waals surface area (Å²) in [4.78, 5) is 32.5. The number of esters is 1. The standard InChI is InChI=1S/C24H26FN3O3/c1-3-31-23(30)24(14-18-8-10-19(25)11-9-18)12-5-13-27(16-24)22(29)20-15-28-17(2)6-4-7-21(28)26-20/h4,6-11,15H,3,5,12-14,16H2,1-2H3. The zero-order chi connectivity index (χ0) is 22.0. The van der Waals surface area contributed by atoms with Crippen LogP contribution in [0, 0.1) is 18.2 Å². The fraction of sp³-hybridized carbons (Fsp3) is 0.375. The quantitative estimate of drug-likeness (QED) is 0.586. The molecule has 1 saturated heterocycles. The topological polar surface area (TPSA) is 63.9 Å². The van der Waals surface area contributed by atoms with Crippen molar-refractivity contribution in [2.75, 3.05) is 19.7 Å². The van der Waals surface area contributed by atoms with E-state index in [4.69, 9.17) is 4.74 Å². The van der Waals surface area contributed by atoms with Crippen LogP contribution < -0.4 is 0 Å². The van der Waals surface area contributed by atoms with Gasteiger partial charge in [-0.2, -0.15) is 0 Å². The first-order valence-electron chi connectivity index (χ1n) is 10.6. The molecule has 0 spiro atoms. The van der Waals surface area contributed by atoms with E-state index >= 15 is 0 Å². The van der Waals surface area contributed by atoms with E-state index < -0.39 is 5.41 Å². The lowest BCUT2D eigenvalue weighted by Crippen LogP contribution is -2.51. The molecule has 3 aromatic rings. The van der Waals surface area contributed by atoms with Crippen LogP contribution in [0.4, 0.5) is 4.39 Å². The van der Waals surface area contributed by atoms with E-state index in [1.807, 2.05) is 29.5 Å². The number of amides is 1. The molecule has 1 aromatic carbocycles. The molecule has 2 aromatic heterocycles. The number of hydrogen-bond donors (Lipinski definition) is 0. The second-order valence-corrected chi connectivity index (χ2v) is 8.16. The maximum absolute atomic E-state index is 13.4. The number of likely N-dealkylation sites (tertiary alicyclic amines) is 1. The summed E-state index contributed by atoms with van der Waals surface area (Å²) in [5.74, 6) is -0.838. The van der Waals surface area contributed by atoms with Gasteiger partial charge in [-0.3, -0.25) is 9.59 Å². The smallest absolute Gasteiger partial charge is 0.314 e. The average Bonchev–Trinajstić information content (AvgIpc) is 3.21. The van der Waals surface area contributed by atoms with Gasteiger partial charge in [0.25, 0.3) is 5.91 Å². The summed E-state index contributed by atoms with van der Waals surface area (Å²) in [5, 5.41) is 0. The highest BCUT2D eigenvalue weighted by Crippen LogP contribution is 2.36. The molecule has 0 bridgehead atoms. The van der Waals surface area contributed by atoms with E-state index in [2.05, 4.69) is 4.98 Å². The van der Waals surface area contributed by atoms with Crippen LogP contribution in [0.2, 0.25) is 0 Å². The van der Waals surface area contributed by atoms with Crippen molar-refractivity contribution >= 4 is 17.5 Å². The first kappa shape index (κ1) is 21.0. The van der Waals surface area contributed by atoms with Crippen molar-refractivity contribution < 1.29 is 18.7 Å².